The molecule has 3 N–H and O–H groups in total. The van der Waals surface area contributed by atoms with Crippen LogP contribution in [0.25, 0.3) is 0 Å². The highest BCUT2D eigenvalue weighted by Gasteiger charge is 2.37. The molecule has 4 nitrogen and oxygen atoms in total. The van der Waals surface area contributed by atoms with Crippen LogP contribution < -0.4 is 10.6 Å². The normalized spacial score (nSPS) is 25.0. The Kier molecular flexibility index (Phi) is 3.39. The molecule has 2 aromatic carbocycles. The molecule has 4 heteroatoms. The lowest BCUT2D eigenvalue weighted by Crippen LogP contribution is -2.58. The van der Waals surface area contributed by atoms with Crippen LogP contribution in [0, 0.1) is 0 Å². The van der Waals surface area contributed by atoms with E-state index in [0.717, 1.165) is 5.69 Å². The van der Waals surface area contributed by atoms with Gasteiger partial charge in [0.2, 0.25) is 0 Å². The van der Waals surface area contributed by atoms with Gasteiger partial charge in [-0.05, 0) is 31.0 Å². The van der Waals surface area contributed by atoms with Crippen LogP contribution in [0.5, 0.6) is 0 Å². The number of anilines is 1. The average Bonchev–Trinajstić information content (AvgIpc) is 2.54. The number of hydrogen-bond donors (Lipinski definition) is 3. The summed E-state index contributed by atoms with van der Waals surface area (Å²) < 4.78 is 0. The number of para-hydroxylation sites is 1. The first kappa shape index (κ1) is 13.6. The van der Waals surface area contributed by atoms with Crippen LogP contribution >= 0.6 is 0 Å². The molecule has 0 amide bonds. The number of nitrogens with one attached hydrogen (secondary N) is 2. The summed E-state index contributed by atoms with van der Waals surface area (Å²) in [5.41, 5.74) is 3.42. The molecule has 1 heterocycles. The molecule has 2 unspecified atom stereocenters. The van der Waals surface area contributed by atoms with Crippen molar-refractivity contribution in [3.63, 3.8) is 0 Å². The first-order valence-electron chi connectivity index (χ1n) is 7.03. The number of oxime groups is 1. The summed E-state index contributed by atoms with van der Waals surface area (Å²) in [5.74, 6) is 0. The lowest BCUT2D eigenvalue weighted by Gasteiger charge is -2.42. The van der Waals surface area contributed by atoms with E-state index < -0.39 is 5.66 Å². The standard InChI is InChI=1S/C17H19N3O/c1-12(20-21)17(2)18-15-11-7-6-10-14(15)16(19-17)13-8-4-3-5-9-13/h3-11,16,18-19,21H,1-2H3. The SMILES string of the molecule is CC(=NO)C1(C)Nc2ccccc2C(c2ccccc2)N1. The molecule has 2 aromatic rings. The molecule has 3 rings (SSSR count). The van der Waals surface area contributed by atoms with Gasteiger partial charge in [0.1, 0.15) is 5.66 Å². The van der Waals surface area contributed by atoms with Crippen molar-refractivity contribution in [2.45, 2.75) is 25.6 Å². The average molecular weight is 281 g/mol. The third-order valence-electron chi connectivity index (χ3n) is 4.10. The van der Waals surface area contributed by atoms with E-state index in [2.05, 4.69) is 40.1 Å². The summed E-state index contributed by atoms with van der Waals surface area (Å²) in [6.07, 6.45) is 0. The van der Waals surface area contributed by atoms with Gasteiger partial charge in [-0.3, -0.25) is 5.32 Å². The molecule has 0 spiro atoms. The lowest BCUT2D eigenvalue weighted by molar-refractivity contribution is 0.309. The van der Waals surface area contributed by atoms with Crippen molar-refractivity contribution in [3.05, 3.63) is 65.7 Å². The van der Waals surface area contributed by atoms with Crippen molar-refractivity contribution in [1.29, 1.82) is 0 Å². The smallest absolute Gasteiger partial charge is 0.129 e. The van der Waals surface area contributed by atoms with Gasteiger partial charge in [0.25, 0.3) is 0 Å². The van der Waals surface area contributed by atoms with Gasteiger partial charge in [0, 0.05) is 5.69 Å². The fourth-order valence-corrected chi connectivity index (χ4v) is 2.74. The minimum absolute atomic E-state index is 0.0466. The van der Waals surface area contributed by atoms with E-state index in [1.54, 1.807) is 6.92 Å². The summed E-state index contributed by atoms with van der Waals surface area (Å²) in [7, 11) is 0. The van der Waals surface area contributed by atoms with Crippen molar-refractivity contribution < 1.29 is 5.21 Å². The minimum atomic E-state index is -0.594. The molecule has 0 aliphatic carbocycles. The quantitative estimate of drug-likeness (QED) is 0.449. The predicted molar refractivity (Wildman–Crippen MR) is 84.8 cm³/mol. The van der Waals surface area contributed by atoms with Gasteiger partial charge in [0.15, 0.2) is 0 Å². The molecular weight excluding hydrogens is 262 g/mol. The second-order valence-corrected chi connectivity index (χ2v) is 5.51. The van der Waals surface area contributed by atoms with Crippen LogP contribution in [-0.4, -0.2) is 16.6 Å². The Bertz CT molecular complexity index is 669. The van der Waals surface area contributed by atoms with Gasteiger partial charge >= 0.3 is 0 Å². The Morgan fingerprint density at radius 3 is 2.48 bits per heavy atom. The number of rotatable bonds is 2. The predicted octanol–water partition coefficient (Wildman–Crippen LogP) is 3.36. The van der Waals surface area contributed by atoms with Crippen LogP contribution in [0.3, 0.4) is 0 Å². The van der Waals surface area contributed by atoms with E-state index >= 15 is 0 Å². The summed E-state index contributed by atoms with van der Waals surface area (Å²) >= 11 is 0. The molecule has 0 saturated heterocycles. The molecule has 1 aliphatic rings. The summed E-state index contributed by atoms with van der Waals surface area (Å²) in [6.45, 7) is 3.78. The maximum absolute atomic E-state index is 9.17. The van der Waals surface area contributed by atoms with Gasteiger partial charge < -0.3 is 10.5 Å². The topological polar surface area (TPSA) is 56.7 Å². The monoisotopic (exact) mass is 281 g/mol. The van der Waals surface area contributed by atoms with Crippen molar-refractivity contribution in [1.82, 2.24) is 5.32 Å². The molecule has 1 aliphatic heterocycles. The largest absolute Gasteiger partial charge is 0.411 e. The van der Waals surface area contributed by atoms with Gasteiger partial charge in [0.05, 0.1) is 11.8 Å². The number of nitrogens with zero attached hydrogens (tertiary/aromatic N) is 1. The van der Waals surface area contributed by atoms with Crippen molar-refractivity contribution in [2.75, 3.05) is 5.32 Å². The highest BCUT2D eigenvalue weighted by atomic mass is 16.4. The molecule has 0 saturated carbocycles. The van der Waals surface area contributed by atoms with Crippen LogP contribution in [-0.2, 0) is 0 Å². The van der Waals surface area contributed by atoms with Gasteiger partial charge in [-0.2, -0.15) is 0 Å². The molecular formula is C17H19N3O. The highest BCUT2D eigenvalue weighted by Crippen LogP contribution is 2.35. The second-order valence-electron chi connectivity index (χ2n) is 5.51. The lowest BCUT2D eigenvalue weighted by atomic mass is 9.90. The van der Waals surface area contributed by atoms with E-state index in [0.29, 0.717) is 5.71 Å². The molecule has 0 bridgehead atoms. The second kappa shape index (κ2) is 5.22. The first-order valence-corrected chi connectivity index (χ1v) is 7.03. The van der Waals surface area contributed by atoms with E-state index in [1.165, 1.54) is 11.1 Å². The van der Waals surface area contributed by atoms with E-state index in [4.69, 9.17) is 5.21 Å². The first-order chi connectivity index (χ1) is 10.1. The molecule has 21 heavy (non-hydrogen) atoms. The van der Waals surface area contributed by atoms with Crippen LogP contribution in [0.1, 0.15) is 31.0 Å². The Hall–Kier alpha value is -2.33. The fraction of sp³-hybridized carbons (Fsp3) is 0.235. The molecule has 2 atom stereocenters. The zero-order chi connectivity index (χ0) is 14.9. The number of benzene rings is 2. The fourth-order valence-electron chi connectivity index (χ4n) is 2.74. The molecule has 0 aromatic heterocycles. The molecule has 0 fully saturated rings. The highest BCUT2D eigenvalue weighted by molar-refractivity contribution is 5.93. The minimum Gasteiger partial charge on any atom is -0.411 e. The molecule has 108 valence electrons. The number of fused-ring (bicyclic) bond motifs is 1. The third kappa shape index (κ3) is 2.38. The van der Waals surface area contributed by atoms with E-state index in [-0.39, 0.29) is 6.04 Å². The van der Waals surface area contributed by atoms with Crippen molar-refractivity contribution in [2.24, 2.45) is 5.16 Å². The van der Waals surface area contributed by atoms with Crippen LogP contribution in [0.15, 0.2) is 59.8 Å². The van der Waals surface area contributed by atoms with E-state index in [1.807, 2.05) is 37.3 Å². The summed E-state index contributed by atoms with van der Waals surface area (Å²) in [6, 6.07) is 18.5. The molecule has 0 radical (unpaired) electrons. The Labute approximate surface area is 124 Å². The zero-order valence-corrected chi connectivity index (χ0v) is 12.2. The summed E-state index contributed by atoms with van der Waals surface area (Å²) in [4.78, 5) is 0. The van der Waals surface area contributed by atoms with E-state index in [9.17, 15) is 0 Å². The summed E-state index contributed by atoms with van der Waals surface area (Å²) in [5, 5.41) is 19.5. The van der Waals surface area contributed by atoms with Crippen molar-refractivity contribution in [3.8, 4) is 0 Å². The zero-order valence-electron chi connectivity index (χ0n) is 12.2. The maximum Gasteiger partial charge on any atom is 0.129 e. The Morgan fingerprint density at radius 2 is 1.76 bits per heavy atom. The Balaban J connectivity index is 2.11. The third-order valence-corrected chi connectivity index (χ3v) is 4.10. The maximum atomic E-state index is 9.17. The van der Waals surface area contributed by atoms with Crippen molar-refractivity contribution >= 4 is 11.4 Å². The number of hydrogen-bond acceptors (Lipinski definition) is 4. The van der Waals surface area contributed by atoms with Crippen LogP contribution in [0.4, 0.5) is 5.69 Å². The Morgan fingerprint density at radius 1 is 1.10 bits per heavy atom. The van der Waals surface area contributed by atoms with Gasteiger partial charge in [-0.25, -0.2) is 0 Å². The van der Waals surface area contributed by atoms with Gasteiger partial charge in [-0.15, -0.1) is 0 Å². The van der Waals surface area contributed by atoms with Crippen LogP contribution in [0.2, 0.25) is 0 Å². The van der Waals surface area contributed by atoms with Gasteiger partial charge in [-0.1, -0.05) is 53.7 Å².